The Hall–Kier alpha value is -2.68. The molecule has 1 N–H and O–H groups in total. The Kier molecular flexibility index (Phi) is 4.67. The first-order chi connectivity index (χ1) is 11.3. The first kappa shape index (κ1) is 15.2. The van der Waals surface area contributed by atoms with Gasteiger partial charge in [-0.2, -0.15) is 0 Å². The number of aromatic hydroxyl groups is 1. The van der Waals surface area contributed by atoms with Gasteiger partial charge < -0.3 is 14.6 Å². The van der Waals surface area contributed by atoms with Crippen molar-refractivity contribution in [2.75, 3.05) is 6.61 Å². The zero-order valence-electron chi connectivity index (χ0n) is 13.2. The van der Waals surface area contributed by atoms with E-state index in [9.17, 15) is 5.11 Å². The Balaban J connectivity index is 2.01. The lowest BCUT2D eigenvalue weighted by atomic mass is 10.1. The number of phenols is 1. The third kappa shape index (κ3) is 3.39. The van der Waals surface area contributed by atoms with Gasteiger partial charge in [0.05, 0.1) is 6.61 Å². The molecule has 0 saturated carbocycles. The van der Waals surface area contributed by atoms with Crippen LogP contribution in [0.5, 0.6) is 23.0 Å². The second-order valence-corrected chi connectivity index (χ2v) is 5.38. The van der Waals surface area contributed by atoms with Gasteiger partial charge >= 0.3 is 0 Å². The van der Waals surface area contributed by atoms with Gasteiger partial charge in [0, 0.05) is 16.8 Å². The summed E-state index contributed by atoms with van der Waals surface area (Å²) >= 11 is 0. The molecule has 0 bridgehead atoms. The van der Waals surface area contributed by atoms with Crippen molar-refractivity contribution >= 4 is 10.8 Å². The van der Waals surface area contributed by atoms with Crippen LogP contribution in [0.15, 0.2) is 60.7 Å². The fourth-order valence-corrected chi connectivity index (χ4v) is 2.44. The molecule has 3 nitrogen and oxygen atoms in total. The van der Waals surface area contributed by atoms with Crippen molar-refractivity contribution in [1.82, 2.24) is 0 Å². The predicted octanol–water partition coefficient (Wildman–Crippen LogP) is 5.52. The van der Waals surface area contributed by atoms with Crippen molar-refractivity contribution in [1.29, 1.82) is 0 Å². The van der Waals surface area contributed by atoms with Gasteiger partial charge in [-0.1, -0.05) is 55.8 Å². The first-order valence-electron chi connectivity index (χ1n) is 7.90. The molecular formula is C20H20O3. The number of unbranched alkanes of at least 4 members (excludes halogenated alkanes) is 1. The summed E-state index contributed by atoms with van der Waals surface area (Å²) in [6.07, 6.45) is 2.06. The summed E-state index contributed by atoms with van der Waals surface area (Å²) in [5.41, 5.74) is 0. The quantitative estimate of drug-likeness (QED) is 0.610. The Morgan fingerprint density at radius 3 is 2.30 bits per heavy atom. The zero-order valence-corrected chi connectivity index (χ0v) is 13.2. The fourth-order valence-electron chi connectivity index (χ4n) is 2.44. The van der Waals surface area contributed by atoms with Crippen molar-refractivity contribution in [3.63, 3.8) is 0 Å². The minimum atomic E-state index is 0.132. The van der Waals surface area contributed by atoms with E-state index in [1.807, 2.05) is 54.6 Å². The van der Waals surface area contributed by atoms with E-state index in [-0.39, 0.29) is 5.75 Å². The molecule has 0 radical (unpaired) electrons. The van der Waals surface area contributed by atoms with Crippen LogP contribution >= 0.6 is 0 Å². The average molecular weight is 308 g/mol. The third-order valence-corrected chi connectivity index (χ3v) is 3.67. The van der Waals surface area contributed by atoms with Gasteiger partial charge in [0.2, 0.25) is 0 Å². The molecule has 0 aromatic heterocycles. The van der Waals surface area contributed by atoms with Crippen molar-refractivity contribution < 1.29 is 14.6 Å². The van der Waals surface area contributed by atoms with Crippen LogP contribution in [0.4, 0.5) is 0 Å². The molecule has 0 fully saturated rings. The smallest absolute Gasteiger partial charge is 0.173 e. The maximum atomic E-state index is 10.5. The van der Waals surface area contributed by atoms with Gasteiger partial charge in [-0.25, -0.2) is 0 Å². The largest absolute Gasteiger partial charge is 0.504 e. The summed E-state index contributed by atoms with van der Waals surface area (Å²) in [4.78, 5) is 0. The second kappa shape index (κ2) is 7.05. The topological polar surface area (TPSA) is 38.7 Å². The first-order valence-corrected chi connectivity index (χ1v) is 7.90. The highest BCUT2D eigenvalue weighted by molar-refractivity contribution is 5.95. The number of ether oxygens (including phenoxy) is 2. The number of hydrogen-bond donors (Lipinski definition) is 1. The van der Waals surface area contributed by atoms with Gasteiger partial charge in [0.15, 0.2) is 11.5 Å². The molecule has 0 amide bonds. The lowest BCUT2D eigenvalue weighted by Gasteiger charge is -2.14. The molecule has 0 aliphatic carbocycles. The van der Waals surface area contributed by atoms with Crippen LogP contribution in [0.1, 0.15) is 19.8 Å². The molecule has 118 valence electrons. The number of hydrogen-bond acceptors (Lipinski definition) is 3. The molecule has 0 spiro atoms. The number of rotatable bonds is 6. The molecule has 0 atom stereocenters. The zero-order chi connectivity index (χ0) is 16.1. The van der Waals surface area contributed by atoms with Crippen molar-refractivity contribution in [3.8, 4) is 23.0 Å². The highest BCUT2D eigenvalue weighted by Gasteiger charge is 2.14. The summed E-state index contributed by atoms with van der Waals surface area (Å²) in [5.74, 6) is 1.95. The minimum Gasteiger partial charge on any atom is -0.504 e. The van der Waals surface area contributed by atoms with Crippen LogP contribution < -0.4 is 9.47 Å². The summed E-state index contributed by atoms with van der Waals surface area (Å²) < 4.78 is 11.7. The van der Waals surface area contributed by atoms with Crippen LogP contribution in [-0.4, -0.2) is 11.7 Å². The van der Waals surface area contributed by atoms with Crippen LogP contribution in [-0.2, 0) is 0 Å². The van der Waals surface area contributed by atoms with E-state index in [0.717, 1.165) is 29.4 Å². The molecule has 3 heteroatoms. The monoisotopic (exact) mass is 308 g/mol. The van der Waals surface area contributed by atoms with E-state index in [1.54, 1.807) is 6.07 Å². The molecule has 0 saturated heterocycles. The average Bonchev–Trinajstić information content (AvgIpc) is 2.60. The summed E-state index contributed by atoms with van der Waals surface area (Å²) in [6, 6.07) is 18.8. The van der Waals surface area contributed by atoms with Gasteiger partial charge in [-0.05, 0) is 18.6 Å². The predicted molar refractivity (Wildman–Crippen MR) is 92.5 cm³/mol. The molecule has 23 heavy (non-hydrogen) atoms. The van der Waals surface area contributed by atoms with E-state index in [1.165, 1.54) is 0 Å². The summed E-state index contributed by atoms with van der Waals surface area (Å²) in [6.45, 7) is 2.78. The van der Waals surface area contributed by atoms with Crippen LogP contribution in [0.3, 0.4) is 0 Å². The Morgan fingerprint density at radius 2 is 1.57 bits per heavy atom. The lowest BCUT2D eigenvalue weighted by Crippen LogP contribution is -1.98. The van der Waals surface area contributed by atoms with Crippen molar-refractivity contribution in [3.05, 3.63) is 60.7 Å². The number of benzene rings is 3. The summed E-state index contributed by atoms with van der Waals surface area (Å²) in [7, 11) is 0. The minimum absolute atomic E-state index is 0.132. The molecule has 0 unspecified atom stereocenters. The molecule has 0 aliphatic heterocycles. The fraction of sp³-hybridized carbons (Fsp3) is 0.200. The molecule has 3 aromatic carbocycles. The van der Waals surface area contributed by atoms with E-state index >= 15 is 0 Å². The third-order valence-electron chi connectivity index (χ3n) is 3.67. The normalized spacial score (nSPS) is 10.7. The Morgan fingerprint density at radius 1 is 0.870 bits per heavy atom. The molecule has 3 rings (SSSR count). The standard InChI is InChI=1S/C20H20O3/c1-2-3-13-22-18-14-19(23-15-9-5-4-6-10-15)20(21)17-12-8-7-11-16(17)18/h4-12,14,21H,2-3,13H2,1H3. The van der Waals surface area contributed by atoms with E-state index in [4.69, 9.17) is 9.47 Å². The van der Waals surface area contributed by atoms with Gasteiger partial charge in [-0.3, -0.25) is 0 Å². The summed E-state index contributed by atoms with van der Waals surface area (Å²) in [5, 5.41) is 12.1. The van der Waals surface area contributed by atoms with E-state index in [0.29, 0.717) is 18.1 Å². The van der Waals surface area contributed by atoms with Gasteiger partial charge in [0.1, 0.15) is 11.5 Å². The van der Waals surface area contributed by atoms with E-state index in [2.05, 4.69) is 6.92 Å². The van der Waals surface area contributed by atoms with Crippen molar-refractivity contribution in [2.45, 2.75) is 19.8 Å². The lowest BCUT2D eigenvalue weighted by molar-refractivity contribution is 0.310. The van der Waals surface area contributed by atoms with Gasteiger partial charge in [-0.15, -0.1) is 0 Å². The number of para-hydroxylation sites is 1. The second-order valence-electron chi connectivity index (χ2n) is 5.38. The molecular weight excluding hydrogens is 288 g/mol. The maximum Gasteiger partial charge on any atom is 0.173 e. The van der Waals surface area contributed by atoms with Crippen LogP contribution in [0.2, 0.25) is 0 Å². The number of fused-ring (bicyclic) bond motifs is 1. The van der Waals surface area contributed by atoms with Crippen LogP contribution in [0, 0.1) is 0 Å². The van der Waals surface area contributed by atoms with Crippen molar-refractivity contribution in [2.24, 2.45) is 0 Å². The van der Waals surface area contributed by atoms with Gasteiger partial charge in [0.25, 0.3) is 0 Å². The maximum absolute atomic E-state index is 10.5. The van der Waals surface area contributed by atoms with E-state index < -0.39 is 0 Å². The SMILES string of the molecule is CCCCOc1cc(Oc2ccccc2)c(O)c2ccccc12. The number of phenolic OH excluding ortho intramolecular Hbond substituents is 1. The highest BCUT2D eigenvalue weighted by Crippen LogP contribution is 2.42. The molecule has 0 aliphatic rings. The highest BCUT2D eigenvalue weighted by atomic mass is 16.5. The Labute approximate surface area is 136 Å². The Bertz CT molecular complexity index is 781. The molecule has 3 aromatic rings. The molecule has 0 heterocycles. The van der Waals surface area contributed by atoms with Crippen LogP contribution in [0.25, 0.3) is 10.8 Å².